The van der Waals surface area contributed by atoms with Crippen LogP contribution >= 0.6 is 0 Å². The lowest BCUT2D eigenvalue weighted by Crippen LogP contribution is -2.37. The predicted octanol–water partition coefficient (Wildman–Crippen LogP) is 0.618. The Morgan fingerprint density at radius 1 is 1.31 bits per heavy atom. The minimum atomic E-state index is -1.17. The fourth-order valence-electron chi connectivity index (χ4n) is 2.96. The molecule has 0 saturated carbocycles. The van der Waals surface area contributed by atoms with Crippen LogP contribution in [0.5, 0.6) is 11.5 Å². The molecule has 1 aromatic carbocycles. The van der Waals surface area contributed by atoms with E-state index in [0.29, 0.717) is 16.9 Å². The lowest BCUT2D eigenvalue weighted by Gasteiger charge is -2.18. The van der Waals surface area contributed by atoms with Crippen molar-refractivity contribution in [2.24, 2.45) is 0 Å². The first-order valence-corrected chi connectivity index (χ1v) is 8.65. The van der Waals surface area contributed by atoms with Crippen molar-refractivity contribution in [2.45, 2.75) is 19.4 Å². The number of esters is 1. The first-order valence-electron chi connectivity index (χ1n) is 8.65. The van der Waals surface area contributed by atoms with Crippen LogP contribution in [0.1, 0.15) is 22.9 Å². The number of ether oxygens (including phenoxy) is 2. The van der Waals surface area contributed by atoms with E-state index >= 15 is 0 Å². The number of hydrogen-bond acceptors (Lipinski definition) is 7. The third-order valence-electron chi connectivity index (χ3n) is 4.46. The Bertz CT molecular complexity index is 1130. The van der Waals surface area contributed by atoms with Gasteiger partial charge in [-0.05, 0) is 24.6 Å². The molecule has 0 saturated heterocycles. The van der Waals surface area contributed by atoms with E-state index in [1.807, 2.05) is 0 Å². The third-order valence-corrected chi connectivity index (χ3v) is 4.46. The number of carbonyl (C=O) groups is 2. The number of benzene rings is 1. The van der Waals surface area contributed by atoms with Crippen molar-refractivity contribution in [1.29, 1.82) is 0 Å². The monoisotopic (exact) mass is 400 g/mol. The number of aromatic amines is 1. The number of H-pyrrole nitrogens is 1. The maximum absolute atomic E-state index is 12.6. The van der Waals surface area contributed by atoms with E-state index in [1.165, 1.54) is 36.9 Å². The molecule has 152 valence electrons. The SMILES string of the molecule is COC(=O)C(NC(=O)Cc1c(C)nc2cc[nH]n2c1=O)c1ccc(OC)c(O)c1. The summed E-state index contributed by atoms with van der Waals surface area (Å²) >= 11 is 0. The van der Waals surface area contributed by atoms with Crippen LogP contribution in [0.3, 0.4) is 0 Å². The predicted molar refractivity (Wildman–Crippen MR) is 102 cm³/mol. The molecule has 29 heavy (non-hydrogen) atoms. The topological polar surface area (TPSA) is 135 Å². The number of fused-ring (bicyclic) bond motifs is 1. The highest BCUT2D eigenvalue weighted by atomic mass is 16.5. The summed E-state index contributed by atoms with van der Waals surface area (Å²) in [7, 11) is 2.58. The van der Waals surface area contributed by atoms with E-state index in [9.17, 15) is 19.5 Å². The van der Waals surface area contributed by atoms with E-state index in [-0.39, 0.29) is 23.5 Å². The van der Waals surface area contributed by atoms with Gasteiger partial charge in [-0.3, -0.25) is 14.7 Å². The van der Waals surface area contributed by atoms with E-state index < -0.39 is 23.5 Å². The average Bonchev–Trinajstić information content (AvgIpc) is 3.17. The highest BCUT2D eigenvalue weighted by molar-refractivity contribution is 5.86. The lowest BCUT2D eigenvalue weighted by atomic mass is 10.1. The van der Waals surface area contributed by atoms with Gasteiger partial charge in [0.1, 0.15) is 0 Å². The van der Waals surface area contributed by atoms with Gasteiger partial charge in [-0.1, -0.05) is 6.07 Å². The van der Waals surface area contributed by atoms with Crippen LogP contribution in [0.25, 0.3) is 5.65 Å². The molecule has 0 bridgehead atoms. The number of aromatic nitrogens is 3. The summed E-state index contributed by atoms with van der Waals surface area (Å²) in [5.74, 6) is -1.28. The molecule has 0 fully saturated rings. The van der Waals surface area contributed by atoms with Gasteiger partial charge < -0.3 is 19.9 Å². The van der Waals surface area contributed by atoms with Crippen molar-refractivity contribution >= 4 is 17.5 Å². The fraction of sp³-hybridized carbons (Fsp3) is 0.263. The molecule has 0 aliphatic rings. The van der Waals surface area contributed by atoms with E-state index in [4.69, 9.17) is 9.47 Å². The molecule has 2 heterocycles. The molecule has 0 aliphatic heterocycles. The zero-order valence-corrected chi connectivity index (χ0v) is 16.1. The van der Waals surface area contributed by atoms with Crippen molar-refractivity contribution in [3.05, 3.63) is 57.6 Å². The molecule has 10 heteroatoms. The van der Waals surface area contributed by atoms with Gasteiger partial charge in [-0.25, -0.2) is 14.3 Å². The Labute approximate surface area is 165 Å². The Morgan fingerprint density at radius 2 is 2.07 bits per heavy atom. The maximum atomic E-state index is 12.6. The Morgan fingerprint density at radius 3 is 2.72 bits per heavy atom. The zero-order chi connectivity index (χ0) is 21.1. The van der Waals surface area contributed by atoms with Gasteiger partial charge in [0, 0.05) is 23.5 Å². The van der Waals surface area contributed by atoms with Crippen LogP contribution in [0.2, 0.25) is 0 Å². The van der Waals surface area contributed by atoms with Gasteiger partial charge in [0.2, 0.25) is 5.91 Å². The number of aryl methyl sites for hydroxylation is 1. The molecule has 1 amide bonds. The Kier molecular flexibility index (Phi) is 5.53. The molecule has 1 atom stereocenters. The van der Waals surface area contributed by atoms with E-state index in [0.717, 1.165) is 0 Å². The van der Waals surface area contributed by atoms with Crippen molar-refractivity contribution in [3.63, 3.8) is 0 Å². The number of nitrogens with one attached hydrogen (secondary N) is 2. The van der Waals surface area contributed by atoms with Gasteiger partial charge in [0.15, 0.2) is 23.2 Å². The first-order chi connectivity index (χ1) is 13.8. The largest absolute Gasteiger partial charge is 0.504 e. The standard InChI is InChI=1S/C19H20N4O6/c1-10-12(18(26)23-15(21-10)6-7-20-23)9-16(25)22-17(19(27)29-3)11-4-5-14(28-2)13(24)8-11/h4-8,17,20,24H,9H2,1-3H3,(H,22,25). The van der Waals surface area contributed by atoms with Crippen LogP contribution in [0, 0.1) is 6.92 Å². The highest BCUT2D eigenvalue weighted by Gasteiger charge is 2.25. The average molecular weight is 400 g/mol. The zero-order valence-electron chi connectivity index (χ0n) is 16.1. The molecule has 0 spiro atoms. The molecule has 10 nitrogen and oxygen atoms in total. The number of carbonyl (C=O) groups excluding carboxylic acids is 2. The Balaban J connectivity index is 1.87. The number of phenols is 1. The fourth-order valence-corrected chi connectivity index (χ4v) is 2.96. The van der Waals surface area contributed by atoms with E-state index in [1.54, 1.807) is 19.2 Å². The number of amides is 1. The summed E-state index contributed by atoms with van der Waals surface area (Å²) in [5.41, 5.74) is 0.960. The van der Waals surface area contributed by atoms with Crippen molar-refractivity contribution < 1.29 is 24.2 Å². The van der Waals surface area contributed by atoms with Crippen molar-refractivity contribution in [1.82, 2.24) is 19.9 Å². The second-order valence-electron chi connectivity index (χ2n) is 6.27. The summed E-state index contributed by atoms with van der Waals surface area (Å²) in [6, 6.07) is 4.75. The van der Waals surface area contributed by atoms with Crippen LogP contribution in [0.4, 0.5) is 0 Å². The number of phenolic OH excluding ortho intramolecular Hbond substituents is 1. The van der Waals surface area contributed by atoms with Crippen LogP contribution < -0.4 is 15.6 Å². The normalized spacial score (nSPS) is 11.8. The quantitative estimate of drug-likeness (QED) is 0.516. The van der Waals surface area contributed by atoms with E-state index in [2.05, 4.69) is 15.4 Å². The second-order valence-corrected chi connectivity index (χ2v) is 6.27. The van der Waals surface area contributed by atoms with Crippen LogP contribution in [-0.4, -0.2) is 45.8 Å². The smallest absolute Gasteiger partial charge is 0.333 e. The summed E-state index contributed by atoms with van der Waals surface area (Å²) in [6.07, 6.45) is 1.28. The summed E-state index contributed by atoms with van der Waals surface area (Å²) in [6.45, 7) is 1.64. The summed E-state index contributed by atoms with van der Waals surface area (Å²) in [4.78, 5) is 41.7. The number of rotatable bonds is 6. The minimum absolute atomic E-state index is 0.191. The molecule has 3 N–H and O–H groups in total. The molecule has 0 radical (unpaired) electrons. The van der Waals surface area contributed by atoms with Crippen LogP contribution in [0.15, 0.2) is 35.3 Å². The van der Waals surface area contributed by atoms with Gasteiger partial charge in [-0.15, -0.1) is 0 Å². The van der Waals surface area contributed by atoms with Crippen LogP contribution in [-0.2, 0) is 20.7 Å². The molecule has 2 aromatic heterocycles. The summed E-state index contributed by atoms with van der Waals surface area (Å²) < 4.78 is 11.0. The lowest BCUT2D eigenvalue weighted by molar-refractivity contribution is -0.145. The van der Waals surface area contributed by atoms with Gasteiger partial charge >= 0.3 is 5.97 Å². The Hall–Kier alpha value is -3.82. The number of hydrogen-bond donors (Lipinski definition) is 3. The van der Waals surface area contributed by atoms with Gasteiger partial charge in [0.25, 0.3) is 5.56 Å². The molecule has 1 unspecified atom stereocenters. The van der Waals surface area contributed by atoms with Gasteiger partial charge in [-0.2, -0.15) is 0 Å². The summed E-state index contributed by atoms with van der Waals surface area (Å²) in [5, 5.41) is 15.2. The molecule has 0 aliphatic carbocycles. The maximum Gasteiger partial charge on any atom is 0.333 e. The molecular formula is C19H20N4O6. The third kappa shape index (κ3) is 3.91. The van der Waals surface area contributed by atoms with Crippen molar-refractivity contribution in [3.8, 4) is 11.5 Å². The number of aromatic hydroxyl groups is 1. The van der Waals surface area contributed by atoms with Gasteiger partial charge in [0.05, 0.1) is 20.6 Å². The highest BCUT2D eigenvalue weighted by Crippen LogP contribution is 2.29. The number of nitrogens with zero attached hydrogens (tertiary/aromatic N) is 2. The molecule has 3 rings (SSSR count). The molecular weight excluding hydrogens is 380 g/mol. The van der Waals surface area contributed by atoms with Crippen molar-refractivity contribution in [2.75, 3.05) is 14.2 Å². The first kappa shape index (κ1) is 19.9. The number of methoxy groups -OCH3 is 2. The minimum Gasteiger partial charge on any atom is -0.504 e. The molecule has 3 aromatic rings. The second kappa shape index (κ2) is 8.05.